The van der Waals surface area contributed by atoms with Crippen molar-refractivity contribution in [3.63, 3.8) is 0 Å². The molecule has 8 nitrogen and oxygen atoms in total. The zero-order valence-electron chi connectivity index (χ0n) is 19.5. The number of carbonyl (C=O) groups excluding carboxylic acids is 2. The number of fused-ring (bicyclic) bond motifs is 2. The van der Waals surface area contributed by atoms with Crippen molar-refractivity contribution in [1.82, 2.24) is 19.8 Å². The van der Waals surface area contributed by atoms with Crippen LogP contribution < -0.4 is 5.32 Å². The highest BCUT2D eigenvalue weighted by molar-refractivity contribution is 9.10. The molecule has 0 aliphatic carbocycles. The summed E-state index contributed by atoms with van der Waals surface area (Å²) in [6.07, 6.45) is 3.05. The van der Waals surface area contributed by atoms with Crippen molar-refractivity contribution in [2.24, 2.45) is 0 Å². The van der Waals surface area contributed by atoms with Crippen molar-refractivity contribution >= 4 is 60.7 Å². The number of nitrogens with zero attached hydrogens (tertiary/aromatic N) is 2. The van der Waals surface area contributed by atoms with E-state index >= 15 is 0 Å². The summed E-state index contributed by atoms with van der Waals surface area (Å²) >= 11 is 3.65. The Kier molecular flexibility index (Phi) is 6.00. The van der Waals surface area contributed by atoms with Gasteiger partial charge in [-0.25, -0.2) is 0 Å². The molecule has 1 saturated heterocycles. The Hall–Kier alpha value is -3.24. The lowest BCUT2D eigenvalue weighted by Gasteiger charge is -2.28. The highest BCUT2D eigenvalue weighted by Crippen LogP contribution is 2.40. The Morgan fingerprint density at radius 2 is 1.72 bits per heavy atom. The van der Waals surface area contributed by atoms with Crippen LogP contribution in [0.1, 0.15) is 11.1 Å². The summed E-state index contributed by atoms with van der Waals surface area (Å²) in [6, 6.07) is 13.5. The van der Waals surface area contributed by atoms with E-state index in [1.807, 2.05) is 53.2 Å². The maximum absolute atomic E-state index is 13.2. The molecule has 6 rings (SSSR count). The van der Waals surface area contributed by atoms with E-state index in [0.29, 0.717) is 48.6 Å². The number of aromatic nitrogens is 2. The summed E-state index contributed by atoms with van der Waals surface area (Å²) in [7, 11) is 0. The number of carbonyl (C=O) groups is 2. The summed E-state index contributed by atoms with van der Waals surface area (Å²) in [5, 5.41) is 15.1. The van der Waals surface area contributed by atoms with E-state index in [4.69, 9.17) is 4.74 Å². The molecule has 0 saturated carbocycles. The highest BCUT2D eigenvalue weighted by atomic mass is 79.9. The minimum absolute atomic E-state index is 0.336. The number of halogens is 1. The smallest absolute Gasteiger partial charge is 0.259 e. The Morgan fingerprint density at radius 1 is 0.972 bits per heavy atom. The number of aliphatic hydroxyl groups excluding tert-OH is 1. The normalized spacial score (nSPS) is 17.9. The highest BCUT2D eigenvalue weighted by Gasteiger charge is 2.35. The second kappa shape index (κ2) is 9.33. The molecule has 1 atom stereocenters. The van der Waals surface area contributed by atoms with Crippen molar-refractivity contribution in [3.05, 3.63) is 70.5 Å². The standard InChI is InChI=1S/C27H25BrN4O4/c28-20-5-3-7-22-23(20)19(15-32(22)14-16(33)13-31-8-10-36-11-9-31)25-24(26(34)30-27(25)35)18-12-29-21-6-2-1-4-17(18)21/h1-7,12,15-16,29,33H,8-11,13-14H2,(H,30,34,35). The minimum Gasteiger partial charge on any atom is -0.390 e. The molecule has 0 spiro atoms. The quantitative estimate of drug-likeness (QED) is 0.321. The van der Waals surface area contributed by atoms with Gasteiger partial charge in [0, 0.05) is 76.0 Å². The number of para-hydroxylation sites is 1. The average molecular weight is 549 g/mol. The van der Waals surface area contributed by atoms with Gasteiger partial charge >= 0.3 is 0 Å². The van der Waals surface area contributed by atoms with Crippen LogP contribution in [0.2, 0.25) is 0 Å². The Balaban J connectivity index is 1.47. The van der Waals surface area contributed by atoms with Crippen molar-refractivity contribution < 1.29 is 19.4 Å². The van der Waals surface area contributed by atoms with E-state index in [-0.39, 0.29) is 0 Å². The number of ether oxygens (including phenoxy) is 1. The SMILES string of the molecule is O=C1NC(=O)C(c2cn(CC(O)CN3CCOCC3)c3cccc(Br)c23)=C1c1c[nH]c2ccccc12. The van der Waals surface area contributed by atoms with E-state index in [0.717, 1.165) is 39.4 Å². The molecule has 2 aromatic carbocycles. The predicted molar refractivity (Wildman–Crippen MR) is 141 cm³/mol. The lowest BCUT2D eigenvalue weighted by Crippen LogP contribution is -2.41. The number of amides is 2. The number of β-amino-alcohol motifs (C(OH)–C–C–N with tert-alkyl or cyclic N) is 1. The van der Waals surface area contributed by atoms with Crippen LogP contribution in [0.4, 0.5) is 0 Å². The van der Waals surface area contributed by atoms with Gasteiger partial charge in [0.1, 0.15) is 0 Å². The molecule has 9 heteroatoms. The average Bonchev–Trinajstić information content (AvgIpc) is 3.53. The van der Waals surface area contributed by atoms with Gasteiger partial charge in [-0.1, -0.05) is 40.2 Å². The molecule has 2 amide bonds. The van der Waals surface area contributed by atoms with Crippen molar-refractivity contribution in [2.75, 3.05) is 32.8 Å². The summed E-state index contributed by atoms with van der Waals surface area (Å²) in [4.78, 5) is 31.6. The number of morpholine rings is 1. The number of hydrogen-bond acceptors (Lipinski definition) is 5. The second-order valence-corrected chi connectivity index (χ2v) is 10.0. The van der Waals surface area contributed by atoms with Gasteiger partial charge in [-0.3, -0.25) is 19.8 Å². The van der Waals surface area contributed by atoms with E-state index < -0.39 is 17.9 Å². The number of aromatic amines is 1. The first-order chi connectivity index (χ1) is 17.5. The summed E-state index contributed by atoms with van der Waals surface area (Å²) < 4.78 is 8.19. The van der Waals surface area contributed by atoms with Gasteiger partial charge in [-0.05, 0) is 18.2 Å². The summed E-state index contributed by atoms with van der Waals surface area (Å²) in [5.74, 6) is -0.844. The fourth-order valence-corrected chi connectivity index (χ4v) is 5.83. The number of aliphatic hydroxyl groups is 1. The lowest BCUT2D eigenvalue weighted by molar-refractivity contribution is -0.122. The lowest BCUT2D eigenvalue weighted by atomic mass is 9.95. The van der Waals surface area contributed by atoms with E-state index in [1.54, 1.807) is 6.20 Å². The van der Waals surface area contributed by atoms with Gasteiger partial charge < -0.3 is 19.4 Å². The number of imide groups is 1. The van der Waals surface area contributed by atoms with Crippen molar-refractivity contribution in [1.29, 1.82) is 0 Å². The van der Waals surface area contributed by atoms with Crippen molar-refractivity contribution in [3.8, 4) is 0 Å². The van der Waals surface area contributed by atoms with Gasteiger partial charge in [0.25, 0.3) is 11.8 Å². The number of nitrogens with one attached hydrogen (secondary N) is 2. The van der Waals surface area contributed by atoms with E-state index in [9.17, 15) is 14.7 Å². The van der Waals surface area contributed by atoms with Gasteiger partial charge in [0.15, 0.2) is 0 Å². The number of H-pyrrole nitrogens is 1. The Bertz CT molecular complexity index is 1530. The molecule has 1 fully saturated rings. The number of rotatable bonds is 6. The molecule has 0 bridgehead atoms. The molecule has 184 valence electrons. The third-order valence-electron chi connectivity index (χ3n) is 6.89. The molecule has 2 aliphatic rings. The molecule has 2 aliphatic heterocycles. The molecular weight excluding hydrogens is 524 g/mol. The number of benzene rings is 2. The molecule has 3 N–H and O–H groups in total. The zero-order valence-corrected chi connectivity index (χ0v) is 21.0. The first-order valence-electron chi connectivity index (χ1n) is 11.9. The first kappa shape index (κ1) is 23.2. The fraction of sp³-hybridized carbons (Fsp3) is 0.259. The van der Waals surface area contributed by atoms with E-state index in [2.05, 4.69) is 31.1 Å². The topological polar surface area (TPSA) is 99.6 Å². The molecule has 2 aromatic heterocycles. The molecule has 4 aromatic rings. The monoisotopic (exact) mass is 548 g/mol. The Labute approximate surface area is 215 Å². The summed E-state index contributed by atoms with van der Waals surface area (Å²) in [6.45, 7) is 3.82. The van der Waals surface area contributed by atoms with E-state index in [1.165, 1.54) is 0 Å². The van der Waals surface area contributed by atoms with Crippen LogP contribution in [0.15, 0.2) is 59.3 Å². The van der Waals surface area contributed by atoms with Crippen LogP contribution in [0, 0.1) is 0 Å². The fourth-order valence-electron chi connectivity index (χ4n) is 5.26. The van der Waals surface area contributed by atoms with Gasteiger partial charge in [-0.15, -0.1) is 0 Å². The molecule has 4 heterocycles. The van der Waals surface area contributed by atoms with Crippen LogP contribution in [-0.2, 0) is 20.9 Å². The third kappa shape index (κ3) is 3.98. The maximum atomic E-state index is 13.2. The zero-order chi connectivity index (χ0) is 24.8. The van der Waals surface area contributed by atoms with Crippen molar-refractivity contribution in [2.45, 2.75) is 12.6 Å². The third-order valence-corrected chi connectivity index (χ3v) is 7.56. The molecule has 36 heavy (non-hydrogen) atoms. The molecule has 1 unspecified atom stereocenters. The van der Waals surface area contributed by atoms with Crippen LogP contribution in [0.25, 0.3) is 33.0 Å². The maximum Gasteiger partial charge on any atom is 0.259 e. The van der Waals surface area contributed by atoms with Crippen LogP contribution >= 0.6 is 15.9 Å². The number of hydrogen-bond donors (Lipinski definition) is 3. The largest absolute Gasteiger partial charge is 0.390 e. The second-order valence-electron chi connectivity index (χ2n) is 9.18. The summed E-state index contributed by atoms with van der Waals surface area (Å²) in [5.41, 5.74) is 3.78. The van der Waals surface area contributed by atoms with Gasteiger partial charge in [0.2, 0.25) is 0 Å². The predicted octanol–water partition coefficient (Wildman–Crippen LogP) is 3.15. The van der Waals surface area contributed by atoms with Crippen LogP contribution in [0.3, 0.4) is 0 Å². The van der Waals surface area contributed by atoms with Gasteiger partial charge in [-0.2, -0.15) is 0 Å². The Morgan fingerprint density at radius 3 is 2.53 bits per heavy atom. The van der Waals surface area contributed by atoms with Crippen LogP contribution in [0.5, 0.6) is 0 Å². The first-order valence-corrected chi connectivity index (χ1v) is 12.7. The minimum atomic E-state index is -0.605. The molecular formula is C27H25BrN4O4. The molecule has 0 radical (unpaired) electrons. The van der Waals surface area contributed by atoms with Crippen LogP contribution in [-0.4, -0.2) is 70.3 Å². The van der Waals surface area contributed by atoms with Gasteiger partial charge in [0.05, 0.1) is 30.5 Å².